The van der Waals surface area contributed by atoms with E-state index in [1.54, 1.807) is 0 Å². The van der Waals surface area contributed by atoms with E-state index in [1.807, 2.05) is 0 Å². The molecule has 0 saturated heterocycles. The maximum Gasteiger partial charge on any atom is 0.327 e. The van der Waals surface area contributed by atoms with Gasteiger partial charge in [0.2, 0.25) is 0 Å². The summed E-state index contributed by atoms with van der Waals surface area (Å²) in [5.74, 6) is -1.14. The molecule has 1 aliphatic rings. The van der Waals surface area contributed by atoms with Crippen LogP contribution < -0.4 is 5.32 Å². The molecule has 0 spiro atoms. The minimum Gasteiger partial charge on any atom is -0.508 e. The van der Waals surface area contributed by atoms with Gasteiger partial charge in [0.15, 0.2) is 0 Å². The zero-order chi connectivity index (χ0) is 12.4. The van der Waals surface area contributed by atoms with Crippen LogP contribution >= 0.6 is 0 Å². The average molecular weight is 239 g/mol. The Morgan fingerprint density at radius 2 is 2.29 bits per heavy atom. The molecule has 0 aromatic heterocycles. The van der Waals surface area contributed by atoms with Crippen molar-refractivity contribution in [3.05, 3.63) is 29.6 Å². The highest BCUT2D eigenvalue weighted by Crippen LogP contribution is 2.30. The van der Waals surface area contributed by atoms with Crippen molar-refractivity contribution in [2.24, 2.45) is 0 Å². The fourth-order valence-electron chi connectivity index (χ4n) is 1.64. The van der Waals surface area contributed by atoms with E-state index in [1.165, 1.54) is 13.2 Å². The topological polar surface area (TPSA) is 58.6 Å². The molecule has 17 heavy (non-hydrogen) atoms. The van der Waals surface area contributed by atoms with Crippen LogP contribution in [0.1, 0.15) is 24.4 Å². The van der Waals surface area contributed by atoms with Crippen LogP contribution in [0, 0.1) is 5.82 Å². The number of nitrogens with one attached hydrogen (secondary N) is 1. The maximum absolute atomic E-state index is 13.1. The molecule has 1 unspecified atom stereocenters. The van der Waals surface area contributed by atoms with Gasteiger partial charge >= 0.3 is 5.97 Å². The second kappa shape index (κ2) is 4.71. The van der Waals surface area contributed by atoms with Crippen molar-refractivity contribution < 1.29 is 19.0 Å². The molecule has 92 valence electrons. The zero-order valence-corrected chi connectivity index (χ0v) is 9.44. The van der Waals surface area contributed by atoms with Gasteiger partial charge in [-0.1, -0.05) is 0 Å². The summed E-state index contributed by atoms with van der Waals surface area (Å²) >= 11 is 0. The number of carbonyl (C=O) groups excluding carboxylic acids is 1. The Morgan fingerprint density at radius 3 is 2.88 bits per heavy atom. The van der Waals surface area contributed by atoms with Gasteiger partial charge in [-0.3, -0.25) is 5.32 Å². The number of hydrogen-bond acceptors (Lipinski definition) is 4. The lowest BCUT2D eigenvalue weighted by Crippen LogP contribution is -2.31. The first-order valence-corrected chi connectivity index (χ1v) is 5.44. The third kappa shape index (κ3) is 2.74. The molecule has 1 aromatic carbocycles. The molecular formula is C12H14FNO3. The SMILES string of the molecule is COC(=O)C(NC1CC1)c1cc(F)ccc1O. The van der Waals surface area contributed by atoms with Crippen LogP contribution in [0.2, 0.25) is 0 Å². The number of benzene rings is 1. The van der Waals surface area contributed by atoms with E-state index in [2.05, 4.69) is 10.1 Å². The van der Waals surface area contributed by atoms with Gasteiger partial charge in [-0.05, 0) is 31.0 Å². The molecule has 4 nitrogen and oxygen atoms in total. The van der Waals surface area contributed by atoms with Gasteiger partial charge < -0.3 is 9.84 Å². The van der Waals surface area contributed by atoms with Crippen molar-refractivity contribution in [2.45, 2.75) is 24.9 Å². The molecule has 0 amide bonds. The van der Waals surface area contributed by atoms with Crippen LogP contribution in [0.5, 0.6) is 5.75 Å². The fourth-order valence-corrected chi connectivity index (χ4v) is 1.64. The number of halogens is 1. The molecule has 1 aromatic rings. The van der Waals surface area contributed by atoms with Crippen molar-refractivity contribution >= 4 is 5.97 Å². The highest BCUT2D eigenvalue weighted by Gasteiger charge is 2.31. The number of methoxy groups -OCH3 is 1. The van der Waals surface area contributed by atoms with E-state index < -0.39 is 17.8 Å². The van der Waals surface area contributed by atoms with E-state index >= 15 is 0 Å². The summed E-state index contributed by atoms with van der Waals surface area (Å²) in [5.41, 5.74) is 0.212. The molecule has 0 heterocycles. The highest BCUT2D eigenvalue weighted by molar-refractivity contribution is 5.78. The van der Waals surface area contributed by atoms with Crippen LogP contribution in [-0.4, -0.2) is 24.2 Å². The number of hydrogen-bond donors (Lipinski definition) is 2. The molecule has 1 fully saturated rings. The van der Waals surface area contributed by atoms with Crippen LogP contribution in [0.25, 0.3) is 0 Å². The van der Waals surface area contributed by atoms with Crippen molar-refractivity contribution in [3.63, 3.8) is 0 Å². The first-order valence-electron chi connectivity index (χ1n) is 5.44. The molecule has 1 saturated carbocycles. The Bertz CT molecular complexity index is 432. The Hall–Kier alpha value is -1.62. The monoisotopic (exact) mass is 239 g/mol. The van der Waals surface area contributed by atoms with E-state index in [-0.39, 0.29) is 17.4 Å². The summed E-state index contributed by atoms with van der Waals surface area (Å²) in [6.45, 7) is 0. The Balaban J connectivity index is 2.29. The lowest BCUT2D eigenvalue weighted by molar-refractivity contribution is -0.143. The third-order valence-corrected chi connectivity index (χ3v) is 2.72. The second-order valence-corrected chi connectivity index (χ2v) is 4.10. The van der Waals surface area contributed by atoms with Crippen molar-refractivity contribution in [2.75, 3.05) is 7.11 Å². The summed E-state index contributed by atoms with van der Waals surface area (Å²) in [7, 11) is 1.26. The molecule has 2 N–H and O–H groups in total. The average Bonchev–Trinajstić information content (AvgIpc) is 3.12. The quantitative estimate of drug-likeness (QED) is 0.782. The number of rotatable bonds is 4. The van der Waals surface area contributed by atoms with Gasteiger partial charge in [0.1, 0.15) is 17.6 Å². The Kier molecular flexibility index (Phi) is 3.28. The summed E-state index contributed by atoms with van der Waals surface area (Å²) in [6, 6.07) is 2.94. The predicted octanol–water partition coefficient (Wildman–Crippen LogP) is 1.50. The third-order valence-electron chi connectivity index (χ3n) is 2.72. The standard InChI is InChI=1S/C12H14FNO3/c1-17-12(16)11(14-8-3-4-8)9-6-7(13)2-5-10(9)15/h2,5-6,8,11,14-15H,3-4H2,1H3. The molecular weight excluding hydrogens is 225 g/mol. The van der Waals surface area contributed by atoms with Crippen LogP contribution in [0.15, 0.2) is 18.2 Å². The minimum absolute atomic E-state index is 0.116. The van der Waals surface area contributed by atoms with E-state index in [9.17, 15) is 14.3 Å². The normalized spacial score (nSPS) is 16.6. The Morgan fingerprint density at radius 1 is 1.59 bits per heavy atom. The van der Waals surface area contributed by atoms with Crippen LogP contribution in [-0.2, 0) is 9.53 Å². The number of ether oxygens (including phenoxy) is 1. The summed E-state index contributed by atoms with van der Waals surface area (Å²) < 4.78 is 17.8. The van der Waals surface area contributed by atoms with Gasteiger partial charge in [0.05, 0.1) is 7.11 Å². The number of esters is 1. The lowest BCUT2D eigenvalue weighted by atomic mass is 10.1. The summed E-state index contributed by atoms with van der Waals surface area (Å²) in [5, 5.41) is 12.7. The predicted molar refractivity (Wildman–Crippen MR) is 59.0 cm³/mol. The minimum atomic E-state index is -0.816. The summed E-state index contributed by atoms with van der Waals surface area (Å²) in [4.78, 5) is 11.6. The van der Waals surface area contributed by atoms with Gasteiger partial charge in [-0.2, -0.15) is 0 Å². The van der Waals surface area contributed by atoms with Crippen LogP contribution in [0.3, 0.4) is 0 Å². The molecule has 5 heteroatoms. The van der Waals surface area contributed by atoms with Gasteiger partial charge in [-0.25, -0.2) is 9.18 Å². The maximum atomic E-state index is 13.1. The highest BCUT2D eigenvalue weighted by atomic mass is 19.1. The van der Waals surface area contributed by atoms with Crippen molar-refractivity contribution in [1.29, 1.82) is 0 Å². The first kappa shape index (κ1) is 11.9. The van der Waals surface area contributed by atoms with E-state index in [0.29, 0.717) is 0 Å². The zero-order valence-electron chi connectivity index (χ0n) is 9.44. The molecule has 2 rings (SSSR count). The number of aromatic hydroxyl groups is 1. The number of phenols is 1. The van der Waals surface area contributed by atoms with E-state index in [4.69, 9.17) is 0 Å². The largest absolute Gasteiger partial charge is 0.508 e. The van der Waals surface area contributed by atoms with Gasteiger partial charge in [-0.15, -0.1) is 0 Å². The van der Waals surface area contributed by atoms with Crippen molar-refractivity contribution in [1.82, 2.24) is 5.32 Å². The molecule has 0 radical (unpaired) electrons. The van der Waals surface area contributed by atoms with Crippen molar-refractivity contribution in [3.8, 4) is 5.75 Å². The smallest absolute Gasteiger partial charge is 0.327 e. The molecule has 0 aliphatic heterocycles. The molecule has 1 aliphatic carbocycles. The van der Waals surface area contributed by atoms with Crippen LogP contribution in [0.4, 0.5) is 4.39 Å². The second-order valence-electron chi connectivity index (χ2n) is 4.10. The van der Waals surface area contributed by atoms with E-state index in [0.717, 1.165) is 25.0 Å². The van der Waals surface area contributed by atoms with Gasteiger partial charge in [0, 0.05) is 11.6 Å². The van der Waals surface area contributed by atoms with Gasteiger partial charge in [0.25, 0.3) is 0 Å². The lowest BCUT2D eigenvalue weighted by Gasteiger charge is -2.17. The fraction of sp³-hybridized carbons (Fsp3) is 0.417. The number of carbonyl (C=O) groups is 1. The molecule has 1 atom stereocenters. The molecule has 0 bridgehead atoms. The summed E-state index contributed by atoms with van der Waals surface area (Å²) in [6.07, 6.45) is 1.95. The first-order chi connectivity index (χ1) is 8.11. The number of phenolic OH excluding ortho intramolecular Hbond substituents is 1. The Labute approximate surface area is 98.4 Å².